The van der Waals surface area contributed by atoms with Crippen LogP contribution < -0.4 is 5.32 Å². The summed E-state index contributed by atoms with van der Waals surface area (Å²) in [5.74, 6) is 0.950. The van der Waals surface area contributed by atoms with Gasteiger partial charge in [-0.1, -0.05) is 26.2 Å². The van der Waals surface area contributed by atoms with Gasteiger partial charge in [0.05, 0.1) is 0 Å². The molecule has 2 fully saturated rings. The summed E-state index contributed by atoms with van der Waals surface area (Å²) in [4.78, 5) is 0. The predicted octanol–water partition coefficient (Wildman–Crippen LogP) is 2.71. The van der Waals surface area contributed by atoms with Gasteiger partial charge in [-0.2, -0.15) is 0 Å². The van der Waals surface area contributed by atoms with Crippen molar-refractivity contribution in [3.05, 3.63) is 0 Å². The molecule has 0 aromatic rings. The Bertz CT molecular complexity index is 211. The molecule has 94 valence electrons. The van der Waals surface area contributed by atoms with Gasteiger partial charge in [-0.3, -0.25) is 0 Å². The van der Waals surface area contributed by atoms with Gasteiger partial charge in [-0.05, 0) is 38.0 Å². The summed E-state index contributed by atoms with van der Waals surface area (Å²) < 4.78 is 0. The number of hydrogen-bond acceptors (Lipinski definition) is 2. The average Bonchev–Trinajstić information content (AvgIpc) is 2.96. The highest BCUT2D eigenvalue weighted by atomic mass is 16.3. The molecule has 2 N–H and O–H groups in total. The maximum atomic E-state index is 9.55. The number of aliphatic hydroxyl groups excluding tert-OH is 1. The van der Waals surface area contributed by atoms with E-state index >= 15 is 0 Å². The fraction of sp³-hybridized carbons (Fsp3) is 1.00. The minimum Gasteiger partial charge on any atom is -0.396 e. The highest BCUT2D eigenvalue weighted by molar-refractivity contribution is 4.89. The van der Waals surface area contributed by atoms with E-state index in [-0.39, 0.29) is 5.41 Å². The van der Waals surface area contributed by atoms with Crippen molar-refractivity contribution in [1.82, 2.24) is 5.32 Å². The predicted molar refractivity (Wildman–Crippen MR) is 67.4 cm³/mol. The molecule has 16 heavy (non-hydrogen) atoms. The third-order valence-electron chi connectivity index (χ3n) is 4.88. The normalized spacial score (nSPS) is 33.4. The Morgan fingerprint density at radius 1 is 1.25 bits per heavy atom. The van der Waals surface area contributed by atoms with E-state index in [1.807, 2.05) is 0 Å². The van der Waals surface area contributed by atoms with Gasteiger partial charge in [0.2, 0.25) is 0 Å². The maximum Gasteiger partial charge on any atom is 0.0499 e. The zero-order valence-corrected chi connectivity index (χ0v) is 10.7. The number of rotatable bonds is 5. The van der Waals surface area contributed by atoms with E-state index in [2.05, 4.69) is 12.2 Å². The molecule has 0 bridgehead atoms. The molecule has 2 atom stereocenters. The van der Waals surface area contributed by atoms with Crippen molar-refractivity contribution in [1.29, 1.82) is 0 Å². The van der Waals surface area contributed by atoms with Crippen molar-refractivity contribution in [3.63, 3.8) is 0 Å². The van der Waals surface area contributed by atoms with Crippen molar-refractivity contribution in [2.24, 2.45) is 11.3 Å². The van der Waals surface area contributed by atoms with Gasteiger partial charge in [0, 0.05) is 24.6 Å². The molecule has 0 aliphatic heterocycles. The van der Waals surface area contributed by atoms with Crippen molar-refractivity contribution >= 4 is 0 Å². The number of aliphatic hydroxyl groups is 1. The first kappa shape index (κ1) is 12.4. The second kappa shape index (κ2) is 5.50. The lowest BCUT2D eigenvalue weighted by Gasteiger charge is -2.28. The highest BCUT2D eigenvalue weighted by Gasteiger charge is 2.34. The number of nitrogens with one attached hydrogen (secondary N) is 1. The fourth-order valence-corrected chi connectivity index (χ4v) is 3.51. The van der Waals surface area contributed by atoms with Crippen LogP contribution in [-0.4, -0.2) is 24.3 Å². The Balaban J connectivity index is 1.74. The summed E-state index contributed by atoms with van der Waals surface area (Å²) in [6.07, 6.45) is 10.5. The van der Waals surface area contributed by atoms with Gasteiger partial charge in [0.15, 0.2) is 0 Å². The largest absolute Gasteiger partial charge is 0.396 e. The zero-order valence-electron chi connectivity index (χ0n) is 10.7. The smallest absolute Gasteiger partial charge is 0.0499 e. The first-order chi connectivity index (χ1) is 7.78. The van der Waals surface area contributed by atoms with Gasteiger partial charge in [0.1, 0.15) is 0 Å². The van der Waals surface area contributed by atoms with E-state index in [4.69, 9.17) is 0 Å². The molecule has 2 aliphatic carbocycles. The molecular formula is C14H27NO. The van der Waals surface area contributed by atoms with Crippen LogP contribution in [0.5, 0.6) is 0 Å². The topological polar surface area (TPSA) is 32.3 Å². The van der Waals surface area contributed by atoms with Crippen LogP contribution in [0.3, 0.4) is 0 Å². The van der Waals surface area contributed by atoms with E-state index in [9.17, 15) is 5.11 Å². The summed E-state index contributed by atoms with van der Waals surface area (Å²) in [7, 11) is 0. The second-order valence-electron chi connectivity index (χ2n) is 6.03. The molecule has 0 heterocycles. The fourth-order valence-electron chi connectivity index (χ4n) is 3.51. The molecule has 0 aromatic heterocycles. The van der Waals surface area contributed by atoms with Crippen molar-refractivity contribution in [3.8, 4) is 0 Å². The van der Waals surface area contributed by atoms with Crippen molar-refractivity contribution in [2.45, 2.75) is 64.3 Å². The molecular weight excluding hydrogens is 198 g/mol. The van der Waals surface area contributed by atoms with Crippen LogP contribution in [0, 0.1) is 11.3 Å². The molecule has 2 nitrogen and oxygen atoms in total. The Morgan fingerprint density at radius 3 is 2.56 bits per heavy atom. The molecule has 2 unspecified atom stereocenters. The molecule has 0 amide bonds. The first-order valence-electron chi connectivity index (χ1n) is 7.12. The molecule has 2 heteroatoms. The molecule has 2 rings (SSSR count). The SMILES string of the molecule is CCC1CCC(NCC2(CO)CCCC2)C1. The quantitative estimate of drug-likeness (QED) is 0.754. The van der Waals surface area contributed by atoms with Crippen LogP contribution in [0.2, 0.25) is 0 Å². The maximum absolute atomic E-state index is 9.55. The second-order valence-corrected chi connectivity index (χ2v) is 6.03. The van der Waals surface area contributed by atoms with Crippen LogP contribution in [0.1, 0.15) is 58.3 Å². The summed E-state index contributed by atoms with van der Waals surface area (Å²) in [5, 5.41) is 13.3. The highest BCUT2D eigenvalue weighted by Crippen LogP contribution is 2.37. The summed E-state index contributed by atoms with van der Waals surface area (Å²) in [5.41, 5.74) is 0.226. The standard InChI is InChI=1S/C14H27NO/c1-2-12-5-6-13(9-12)15-10-14(11-16)7-3-4-8-14/h12-13,15-16H,2-11H2,1H3. The third kappa shape index (κ3) is 2.78. The van der Waals surface area contributed by atoms with Gasteiger partial charge >= 0.3 is 0 Å². The molecule has 0 saturated heterocycles. The third-order valence-corrected chi connectivity index (χ3v) is 4.88. The van der Waals surface area contributed by atoms with Crippen molar-refractivity contribution in [2.75, 3.05) is 13.2 Å². The van der Waals surface area contributed by atoms with Gasteiger partial charge in [-0.15, -0.1) is 0 Å². The van der Waals surface area contributed by atoms with Gasteiger partial charge in [-0.25, -0.2) is 0 Å². The molecule has 2 saturated carbocycles. The lowest BCUT2D eigenvalue weighted by Crippen LogP contribution is -2.39. The van der Waals surface area contributed by atoms with E-state index in [0.717, 1.165) is 18.5 Å². The minimum absolute atomic E-state index is 0.226. The summed E-state index contributed by atoms with van der Waals surface area (Å²) in [6, 6.07) is 0.731. The summed E-state index contributed by atoms with van der Waals surface area (Å²) >= 11 is 0. The van der Waals surface area contributed by atoms with E-state index in [1.165, 1.54) is 51.4 Å². The average molecular weight is 225 g/mol. The lowest BCUT2D eigenvalue weighted by atomic mass is 9.87. The Labute approximate surface area is 99.8 Å². The molecule has 0 spiro atoms. The monoisotopic (exact) mass is 225 g/mol. The van der Waals surface area contributed by atoms with Crippen LogP contribution >= 0.6 is 0 Å². The van der Waals surface area contributed by atoms with Gasteiger partial charge in [0.25, 0.3) is 0 Å². The molecule has 2 aliphatic rings. The Hall–Kier alpha value is -0.0800. The van der Waals surface area contributed by atoms with E-state index in [1.54, 1.807) is 0 Å². The van der Waals surface area contributed by atoms with Crippen LogP contribution in [0.25, 0.3) is 0 Å². The Kier molecular flexibility index (Phi) is 4.26. The lowest BCUT2D eigenvalue weighted by molar-refractivity contribution is 0.124. The van der Waals surface area contributed by atoms with Crippen LogP contribution in [0.15, 0.2) is 0 Å². The summed E-state index contributed by atoms with van der Waals surface area (Å²) in [6.45, 7) is 3.73. The molecule has 0 aromatic carbocycles. The Morgan fingerprint density at radius 2 is 2.00 bits per heavy atom. The number of hydrogen-bond donors (Lipinski definition) is 2. The van der Waals surface area contributed by atoms with Crippen LogP contribution in [0.4, 0.5) is 0 Å². The van der Waals surface area contributed by atoms with Crippen molar-refractivity contribution < 1.29 is 5.11 Å². The van der Waals surface area contributed by atoms with E-state index < -0.39 is 0 Å². The zero-order chi connectivity index (χ0) is 11.4. The van der Waals surface area contributed by atoms with E-state index in [0.29, 0.717) is 6.61 Å². The molecule has 0 radical (unpaired) electrons. The van der Waals surface area contributed by atoms with Gasteiger partial charge < -0.3 is 10.4 Å². The van der Waals surface area contributed by atoms with Crippen LogP contribution in [-0.2, 0) is 0 Å². The first-order valence-corrected chi connectivity index (χ1v) is 7.12. The minimum atomic E-state index is 0.226.